The Hall–Kier alpha value is -6.92. The normalized spacial score (nSPS) is 38.6. The molecule has 21 nitrogen and oxygen atoms in total. The number of carbonyl (C=O) groups is 9. The van der Waals surface area contributed by atoms with Crippen LogP contribution in [0.4, 0.5) is 0 Å². The molecule has 1 heterocycles. The highest BCUT2D eigenvalue weighted by Crippen LogP contribution is 2.72. The smallest absolute Gasteiger partial charge is 0.375 e. The molecule has 6 N–H and O–H groups in total. The van der Waals surface area contributed by atoms with Crippen molar-refractivity contribution in [1.82, 2.24) is 0 Å². The SMILES string of the molecule is C.C.C.C[C@]12CCC(=O)C=C1CC[C@@H]1[C@@H]2[C@@H](O)C[C@@]2(C)[C@H]1CC[C@]2(OC(=O)CCS(=O)(=O)c1ccccc1)C(=O)CO.C[C@]12CCC(=O)C=C1CC[C@@H]1[C@@H]2[C@@H](O)C[C@@]2(C)[C@H]1CC[C@]2(OC(=O)c1ccco1)C(=O)CO.Cc1ccc(CC(=O)O[C@]2(C(=O)CO)CC[C@H]3[C@@H]4CCC5=CC(=O)CC[C@]5(C)[C@H]4[C@@H](O)C[C@@]32C)cc1. The number of ketones is 6. The molecule has 3 aromatic rings. The van der Waals surface area contributed by atoms with Gasteiger partial charge in [-0.15, -0.1) is 0 Å². The largest absolute Gasteiger partial charge is 0.457 e. The molecule has 9 fully saturated rings. The van der Waals surface area contributed by atoms with Gasteiger partial charge in [0.25, 0.3) is 0 Å². The first-order chi connectivity index (χ1) is 51.1. The fraction of sp³-hybridized carbons (Fsp3) is 0.652. The summed E-state index contributed by atoms with van der Waals surface area (Å²) in [6, 6.07) is 18.6. The van der Waals surface area contributed by atoms with E-state index in [1.54, 1.807) is 42.5 Å². The van der Waals surface area contributed by atoms with Gasteiger partial charge in [-0.3, -0.25) is 38.4 Å². The van der Waals surface area contributed by atoms with Crippen LogP contribution in [0.1, 0.15) is 227 Å². The molecule has 0 radical (unpaired) electrons. The lowest BCUT2D eigenvalue weighted by Gasteiger charge is -2.60. The summed E-state index contributed by atoms with van der Waals surface area (Å²) < 4.78 is 48.6. The Kier molecular flexibility index (Phi) is 25.0. The maximum absolute atomic E-state index is 13.4. The maximum Gasteiger partial charge on any atom is 0.375 e. The van der Waals surface area contributed by atoms with Crippen LogP contribution in [0.15, 0.2) is 117 Å². The van der Waals surface area contributed by atoms with Gasteiger partial charge in [-0.05, 0) is 240 Å². The summed E-state index contributed by atoms with van der Waals surface area (Å²) in [5.41, 5.74) is -2.54. The molecule has 0 bridgehead atoms. The van der Waals surface area contributed by atoms with Crippen molar-refractivity contribution in [3.05, 3.63) is 125 Å². The number of sulfone groups is 1. The Morgan fingerprint density at radius 2 is 0.838 bits per heavy atom. The predicted octanol–water partition coefficient (Wildman–Crippen LogP) is 12.2. The molecule has 21 atom stereocenters. The third-order valence-corrected chi connectivity index (χ3v) is 32.3. The van der Waals surface area contributed by atoms with Crippen molar-refractivity contribution in [1.29, 1.82) is 0 Å². The number of benzene rings is 2. The zero-order valence-electron chi connectivity index (χ0n) is 63.4. The third kappa shape index (κ3) is 14.2. The molecule has 0 spiro atoms. The highest BCUT2D eigenvalue weighted by atomic mass is 32.2. The highest BCUT2D eigenvalue weighted by Gasteiger charge is 2.74. The van der Waals surface area contributed by atoms with Crippen LogP contribution in [0, 0.1) is 92.7 Å². The number of hydrogen-bond acceptors (Lipinski definition) is 21. The molecule has 0 amide bonds. The molecule has 0 aliphatic heterocycles. The molecular weight excluding hydrogens is 1440 g/mol. The number of carbonyl (C=O) groups excluding carboxylic acids is 9. The quantitative estimate of drug-likeness (QED) is 0.0573. The standard InChI is InChI=1S/C30H38O8S.C30H38O6.C26H32O7.3CH4/c1-28-13-10-20(32)16-19(28)8-9-22-23-11-14-30(25(34)18-31,29(23,2)17-24(33)27(22)28)38-26(35)12-15-39(36,37)21-6-4-3-5-7-21;1-18-4-6-19(7-5-18)14-26(35)36-30(25(34)17-31)13-11-23-22-9-8-20-15-21(32)10-12-28(20,2)27(22)24(33)16-29(23,30)3;1-24-9-7-16(28)12-15(24)5-6-17-18-8-10-26(21(30)14-27,25(18,2)13-19(29)22(17)24)33-23(31)20-4-3-11-32-20;;;/h3-7,16,22-24,27,31,33H,8-15,17-18H2,1-2H3;4-7,15,22-24,27,31,33H,8-14,16-17H2,1-3H3;3-4,11-12,17-19,22,27,29H,5-10,13-14H2,1-2H3;3*1H4/t2*22-,23-,24-,27+,28-,29-,30-;17-,18-,19-,22+,24-,25-,26-;;;/m000.../s1. The molecule has 608 valence electrons. The highest BCUT2D eigenvalue weighted by molar-refractivity contribution is 7.91. The molecule has 22 heteroatoms. The van der Waals surface area contributed by atoms with E-state index in [0.29, 0.717) is 70.6 Å². The Morgan fingerprint density at radius 1 is 0.468 bits per heavy atom. The summed E-state index contributed by atoms with van der Waals surface area (Å²) in [5.74, 6) is -3.19. The van der Waals surface area contributed by atoms with Crippen LogP contribution in [0.25, 0.3) is 0 Å². The van der Waals surface area contributed by atoms with Crippen molar-refractivity contribution in [2.24, 2.45) is 85.8 Å². The summed E-state index contributed by atoms with van der Waals surface area (Å²) in [7, 11) is -3.72. The molecule has 12 aliphatic rings. The van der Waals surface area contributed by atoms with Gasteiger partial charge in [0.1, 0.15) is 19.8 Å². The maximum atomic E-state index is 13.4. The summed E-state index contributed by atoms with van der Waals surface area (Å²) >= 11 is 0. The third-order valence-electron chi connectivity index (χ3n) is 30.5. The van der Waals surface area contributed by atoms with Crippen LogP contribution in [0.5, 0.6) is 0 Å². The van der Waals surface area contributed by atoms with E-state index >= 15 is 0 Å². The number of Topliss-reactive ketones (excluding diaryl/α,β-unsaturated/α-hetero) is 3. The van der Waals surface area contributed by atoms with Gasteiger partial charge >= 0.3 is 17.9 Å². The summed E-state index contributed by atoms with van der Waals surface area (Å²) in [6.07, 6.45) is 16.3. The van der Waals surface area contributed by atoms with Crippen LogP contribution < -0.4 is 0 Å². The number of aliphatic hydroxyl groups excluding tert-OH is 6. The van der Waals surface area contributed by atoms with Gasteiger partial charge < -0.3 is 49.3 Å². The first-order valence-electron chi connectivity index (χ1n) is 39.3. The van der Waals surface area contributed by atoms with E-state index in [-0.39, 0.29) is 139 Å². The van der Waals surface area contributed by atoms with Crippen molar-refractivity contribution < 1.29 is 101 Å². The predicted molar refractivity (Wildman–Crippen MR) is 413 cm³/mol. The first-order valence-corrected chi connectivity index (χ1v) is 41.0. The second-order valence-electron chi connectivity index (χ2n) is 35.4. The van der Waals surface area contributed by atoms with Gasteiger partial charge in [0, 0.05) is 35.5 Å². The number of rotatable bonds is 16. The van der Waals surface area contributed by atoms with Crippen LogP contribution >= 0.6 is 0 Å². The van der Waals surface area contributed by atoms with E-state index in [9.17, 15) is 82.2 Å². The number of fused-ring (bicyclic) bond motifs is 15. The van der Waals surface area contributed by atoms with Crippen molar-refractivity contribution in [2.45, 2.75) is 258 Å². The number of aryl methyl sites for hydroxylation is 1. The Balaban J connectivity index is 0.000000175. The lowest BCUT2D eigenvalue weighted by molar-refractivity contribution is -0.202. The van der Waals surface area contributed by atoms with E-state index in [2.05, 4.69) is 20.8 Å². The second-order valence-corrected chi connectivity index (χ2v) is 37.5. The van der Waals surface area contributed by atoms with Crippen molar-refractivity contribution >= 4 is 62.4 Å². The van der Waals surface area contributed by atoms with Crippen LogP contribution in [0.2, 0.25) is 0 Å². The molecular formula is C89H120O21S. The number of aliphatic hydroxyl groups is 6. The average molecular weight is 1560 g/mol. The van der Waals surface area contributed by atoms with E-state index < -0.39 is 128 Å². The number of hydrogen-bond donors (Lipinski definition) is 6. The van der Waals surface area contributed by atoms with E-state index in [4.69, 9.17) is 18.6 Å². The van der Waals surface area contributed by atoms with Gasteiger partial charge in [0.15, 0.2) is 44.0 Å². The fourth-order valence-electron chi connectivity index (χ4n) is 25.4. The minimum atomic E-state index is -3.72. The fourth-order valence-corrected chi connectivity index (χ4v) is 26.6. The minimum Gasteiger partial charge on any atom is -0.457 e. The first kappa shape index (κ1) is 86.5. The summed E-state index contributed by atoms with van der Waals surface area (Å²) in [5, 5.41) is 64.6. The molecule has 2 aromatic carbocycles. The Bertz CT molecular complexity index is 4270. The van der Waals surface area contributed by atoms with Crippen molar-refractivity contribution in [2.75, 3.05) is 25.6 Å². The lowest BCUT2D eigenvalue weighted by atomic mass is 9.45. The Labute approximate surface area is 654 Å². The monoisotopic (exact) mass is 1560 g/mol. The van der Waals surface area contributed by atoms with Gasteiger partial charge in [0.05, 0.1) is 48.1 Å². The number of allylic oxidation sites excluding steroid dienone is 3. The number of furan rings is 1. The van der Waals surface area contributed by atoms with Crippen molar-refractivity contribution in [3.63, 3.8) is 0 Å². The molecule has 15 rings (SSSR count). The van der Waals surface area contributed by atoms with Gasteiger partial charge in [0.2, 0.25) is 23.1 Å². The van der Waals surface area contributed by atoms with Crippen LogP contribution in [-0.4, -0.2) is 152 Å². The topological polar surface area (TPSA) is 350 Å². The minimum absolute atomic E-state index is 0. The average Bonchev–Trinajstić information content (AvgIpc) is 1.61. The van der Waals surface area contributed by atoms with E-state index in [1.165, 1.54) is 24.5 Å². The Morgan fingerprint density at radius 3 is 1.20 bits per heavy atom. The molecule has 12 aliphatic carbocycles. The molecule has 1 aromatic heterocycles. The van der Waals surface area contributed by atoms with E-state index in [0.717, 1.165) is 79.2 Å². The summed E-state index contributed by atoms with van der Waals surface area (Å²) in [4.78, 5) is 116. The van der Waals surface area contributed by atoms with E-state index in [1.807, 2.05) is 52.0 Å². The van der Waals surface area contributed by atoms with Gasteiger partial charge in [-0.2, -0.15) is 0 Å². The molecule has 0 unspecified atom stereocenters. The van der Waals surface area contributed by atoms with Crippen molar-refractivity contribution in [3.8, 4) is 0 Å². The molecule has 9 saturated carbocycles. The van der Waals surface area contributed by atoms with Crippen LogP contribution in [-0.2, 0) is 68.8 Å². The van der Waals surface area contributed by atoms with Gasteiger partial charge in [-0.25, -0.2) is 13.2 Å². The molecule has 111 heavy (non-hydrogen) atoms. The zero-order chi connectivity index (χ0) is 77.7. The van der Waals surface area contributed by atoms with Crippen LogP contribution in [0.3, 0.4) is 0 Å². The zero-order valence-corrected chi connectivity index (χ0v) is 64.2. The number of ether oxygens (including phenoxy) is 3. The number of esters is 3. The molecule has 0 saturated heterocycles. The second kappa shape index (κ2) is 32.0. The summed E-state index contributed by atoms with van der Waals surface area (Å²) in [6.45, 7) is 12.0. The van der Waals surface area contributed by atoms with Gasteiger partial charge in [-0.1, -0.05) is 129 Å². The lowest BCUT2D eigenvalue weighted by Crippen LogP contribution is -2.63.